The number of nitrogen functional groups attached to an aromatic ring is 1. The molecule has 0 amide bonds. The van der Waals surface area contributed by atoms with Crippen molar-refractivity contribution in [2.75, 3.05) is 24.2 Å². The molecule has 2 aromatic rings. The van der Waals surface area contributed by atoms with E-state index in [1.807, 2.05) is 10.6 Å². The lowest BCUT2D eigenvalue weighted by Gasteiger charge is -2.26. The molecule has 0 unspecified atom stereocenters. The number of aromatic nitrogens is 3. The van der Waals surface area contributed by atoms with E-state index >= 15 is 0 Å². The van der Waals surface area contributed by atoms with Crippen molar-refractivity contribution in [1.29, 1.82) is 0 Å². The monoisotopic (exact) mass is 261 g/mol. The van der Waals surface area contributed by atoms with Gasteiger partial charge in [-0.05, 0) is 12.8 Å². The van der Waals surface area contributed by atoms with Crippen molar-refractivity contribution < 1.29 is 5.11 Å². The third-order valence-corrected chi connectivity index (χ3v) is 4.02. The van der Waals surface area contributed by atoms with E-state index in [2.05, 4.69) is 15.3 Å². The third kappa shape index (κ3) is 2.23. The zero-order chi connectivity index (χ0) is 13.3. The smallest absolute Gasteiger partial charge is 0.180 e. The summed E-state index contributed by atoms with van der Waals surface area (Å²) in [5, 5.41) is 12.9. The van der Waals surface area contributed by atoms with E-state index in [4.69, 9.17) is 5.73 Å². The molecule has 1 fully saturated rings. The molecule has 102 valence electrons. The van der Waals surface area contributed by atoms with Crippen molar-refractivity contribution in [3.05, 3.63) is 18.6 Å². The van der Waals surface area contributed by atoms with E-state index in [0.29, 0.717) is 18.2 Å². The summed E-state index contributed by atoms with van der Waals surface area (Å²) < 4.78 is 1.85. The van der Waals surface area contributed by atoms with Gasteiger partial charge in [-0.2, -0.15) is 0 Å². The number of hydrogen-bond acceptors (Lipinski definition) is 5. The molecular formula is C13H19N5O. The number of anilines is 2. The molecule has 1 saturated carbocycles. The second-order valence-electron chi connectivity index (χ2n) is 5.39. The minimum Gasteiger partial charge on any atom is -0.396 e. The zero-order valence-electron chi connectivity index (χ0n) is 10.8. The minimum absolute atomic E-state index is 0.0180. The summed E-state index contributed by atoms with van der Waals surface area (Å²) in [7, 11) is 0. The summed E-state index contributed by atoms with van der Waals surface area (Å²) in [5.74, 6) is 1.14. The second-order valence-corrected chi connectivity index (χ2v) is 5.39. The molecule has 2 aromatic heterocycles. The molecule has 0 spiro atoms. The van der Waals surface area contributed by atoms with Crippen LogP contribution in [-0.4, -0.2) is 32.6 Å². The van der Waals surface area contributed by atoms with Crippen LogP contribution in [0.4, 0.5) is 11.6 Å². The topological polar surface area (TPSA) is 88.5 Å². The van der Waals surface area contributed by atoms with Gasteiger partial charge in [-0.1, -0.05) is 12.8 Å². The summed E-state index contributed by atoms with van der Waals surface area (Å²) >= 11 is 0. The van der Waals surface area contributed by atoms with Crippen molar-refractivity contribution in [2.45, 2.75) is 25.7 Å². The number of nitrogens with two attached hydrogens (primary N) is 1. The molecule has 0 radical (unpaired) electrons. The fourth-order valence-corrected chi connectivity index (χ4v) is 2.86. The van der Waals surface area contributed by atoms with Crippen LogP contribution in [0, 0.1) is 5.41 Å². The molecule has 6 nitrogen and oxygen atoms in total. The summed E-state index contributed by atoms with van der Waals surface area (Å²) in [4.78, 5) is 8.58. The number of imidazole rings is 1. The maximum absolute atomic E-state index is 9.62. The molecule has 19 heavy (non-hydrogen) atoms. The number of nitrogens with one attached hydrogen (secondary N) is 1. The molecule has 0 bridgehead atoms. The van der Waals surface area contributed by atoms with Gasteiger partial charge in [0.2, 0.25) is 0 Å². The van der Waals surface area contributed by atoms with Gasteiger partial charge in [0.25, 0.3) is 0 Å². The Hall–Kier alpha value is -1.82. The summed E-state index contributed by atoms with van der Waals surface area (Å²) in [6, 6.07) is 0. The lowest BCUT2D eigenvalue weighted by Crippen LogP contribution is -2.31. The predicted octanol–water partition coefficient (Wildman–Crippen LogP) is 1.28. The lowest BCUT2D eigenvalue weighted by molar-refractivity contribution is 0.142. The largest absolute Gasteiger partial charge is 0.396 e. The summed E-state index contributed by atoms with van der Waals surface area (Å²) in [5.41, 5.74) is 6.53. The molecule has 3 rings (SSSR count). The van der Waals surface area contributed by atoms with Gasteiger partial charge in [0, 0.05) is 24.4 Å². The molecule has 2 heterocycles. The average molecular weight is 261 g/mol. The van der Waals surface area contributed by atoms with Gasteiger partial charge in [-0.15, -0.1) is 0 Å². The Morgan fingerprint density at radius 1 is 1.42 bits per heavy atom. The van der Waals surface area contributed by atoms with Gasteiger partial charge < -0.3 is 20.6 Å². The molecule has 1 aliphatic carbocycles. The fourth-order valence-electron chi connectivity index (χ4n) is 2.86. The van der Waals surface area contributed by atoms with E-state index in [1.165, 1.54) is 12.8 Å². The van der Waals surface area contributed by atoms with Crippen LogP contribution in [0.3, 0.4) is 0 Å². The number of hydrogen-bond donors (Lipinski definition) is 3. The van der Waals surface area contributed by atoms with Crippen molar-refractivity contribution in [1.82, 2.24) is 14.4 Å². The molecule has 4 N–H and O–H groups in total. The molecule has 6 heteroatoms. The van der Waals surface area contributed by atoms with Crippen LogP contribution >= 0.6 is 0 Å². The lowest BCUT2D eigenvalue weighted by atomic mass is 9.87. The number of fused-ring (bicyclic) bond motifs is 1. The first-order valence-electron chi connectivity index (χ1n) is 6.66. The van der Waals surface area contributed by atoms with Crippen molar-refractivity contribution in [3.63, 3.8) is 0 Å². The first-order chi connectivity index (χ1) is 9.22. The Balaban J connectivity index is 1.83. The van der Waals surface area contributed by atoms with E-state index in [0.717, 1.165) is 18.5 Å². The number of aliphatic hydroxyl groups is 1. The first-order valence-corrected chi connectivity index (χ1v) is 6.66. The van der Waals surface area contributed by atoms with Gasteiger partial charge in [0.1, 0.15) is 5.82 Å². The molecule has 0 aromatic carbocycles. The molecular weight excluding hydrogens is 242 g/mol. The molecule has 0 saturated heterocycles. The zero-order valence-corrected chi connectivity index (χ0v) is 10.8. The minimum atomic E-state index is -0.0180. The predicted molar refractivity (Wildman–Crippen MR) is 73.9 cm³/mol. The van der Waals surface area contributed by atoms with Crippen LogP contribution in [0.15, 0.2) is 18.6 Å². The highest BCUT2D eigenvalue weighted by Gasteiger charge is 2.33. The average Bonchev–Trinajstić information content (AvgIpc) is 3.05. The van der Waals surface area contributed by atoms with Gasteiger partial charge in [-0.25, -0.2) is 9.97 Å². The molecule has 0 aliphatic heterocycles. The van der Waals surface area contributed by atoms with Crippen LogP contribution in [0.2, 0.25) is 0 Å². The molecule has 1 aliphatic rings. The fraction of sp³-hybridized carbons (Fsp3) is 0.538. The quantitative estimate of drug-likeness (QED) is 0.771. The normalized spacial score (nSPS) is 17.9. The van der Waals surface area contributed by atoms with Crippen molar-refractivity contribution in [2.24, 2.45) is 5.41 Å². The Morgan fingerprint density at radius 3 is 2.95 bits per heavy atom. The SMILES string of the molecule is Nc1cn2ccnc2c(NCC2(CO)CCCC2)n1. The first kappa shape index (κ1) is 12.2. The van der Waals surface area contributed by atoms with Gasteiger partial charge in [-0.3, -0.25) is 0 Å². The van der Waals surface area contributed by atoms with Crippen LogP contribution < -0.4 is 11.1 Å². The Bertz CT molecular complexity index is 573. The maximum atomic E-state index is 9.62. The van der Waals surface area contributed by atoms with Crippen molar-refractivity contribution in [3.8, 4) is 0 Å². The van der Waals surface area contributed by atoms with E-state index in [-0.39, 0.29) is 12.0 Å². The van der Waals surface area contributed by atoms with Crippen LogP contribution in [0.1, 0.15) is 25.7 Å². The van der Waals surface area contributed by atoms with Crippen LogP contribution in [0.5, 0.6) is 0 Å². The molecule has 0 atom stereocenters. The maximum Gasteiger partial charge on any atom is 0.180 e. The number of nitrogens with zero attached hydrogens (tertiary/aromatic N) is 3. The Morgan fingerprint density at radius 2 is 2.21 bits per heavy atom. The van der Waals surface area contributed by atoms with Gasteiger partial charge in [0.15, 0.2) is 11.5 Å². The third-order valence-electron chi connectivity index (χ3n) is 4.02. The van der Waals surface area contributed by atoms with Crippen LogP contribution in [0.25, 0.3) is 5.65 Å². The van der Waals surface area contributed by atoms with Gasteiger partial charge >= 0.3 is 0 Å². The number of aliphatic hydroxyl groups excluding tert-OH is 1. The Kier molecular flexibility index (Phi) is 3.02. The van der Waals surface area contributed by atoms with Gasteiger partial charge in [0.05, 0.1) is 12.8 Å². The van der Waals surface area contributed by atoms with Crippen molar-refractivity contribution >= 4 is 17.3 Å². The Labute approximate surface area is 111 Å². The van der Waals surface area contributed by atoms with E-state index in [9.17, 15) is 5.11 Å². The highest BCUT2D eigenvalue weighted by molar-refractivity contribution is 5.64. The summed E-state index contributed by atoms with van der Waals surface area (Å²) in [6.07, 6.45) is 9.80. The highest BCUT2D eigenvalue weighted by atomic mass is 16.3. The standard InChI is InChI=1S/C13H19N5O/c14-10-7-18-6-5-15-12(18)11(17-10)16-8-13(9-19)3-1-2-4-13/h5-7,19H,1-4,8-9,14H2,(H,16,17). The van der Waals surface area contributed by atoms with Crippen LogP contribution in [-0.2, 0) is 0 Å². The van der Waals surface area contributed by atoms with E-state index < -0.39 is 0 Å². The second kappa shape index (κ2) is 4.70. The summed E-state index contributed by atoms with van der Waals surface area (Å²) in [6.45, 7) is 0.926. The van der Waals surface area contributed by atoms with E-state index in [1.54, 1.807) is 12.4 Å². The highest BCUT2D eigenvalue weighted by Crippen LogP contribution is 2.37. The number of rotatable bonds is 4.